The van der Waals surface area contributed by atoms with Gasteiger partial charge in [-0.2, -0.15) is 0 Å². The second-order valence-electron chi connectivity index (χ2n) is 8.45. The second-order valence-corrected chi connectivity index (χ2v) is 8.45. The molecule has 0 amide bonds. The molecule has 0 bridgehead atoms. The number of likely N-dealkylation sites (tertiary alicyclic amines) is 1. The van der Waals surface area contributed by atoms with E-state index in [2.05, 4.69) is 72.8 Å². The third-order valence-corrected chi connectivity index (χ3v) is 4.71. The first-order valence-corrected chi connectivity index (χ1v) is 10.5. The smallest absolute Gasteiger partial charge is 0.191 e. The van der Waals surface area contributed by atoms with Crippen LogP contribution in [0, 0.1) is 0 Å². The van der Waals surface area contributed by atoms with Gasteiger partial charge in [-0.15, -0.1) is 0 Å². The van der Waals surface area contributed by atoms with Gasteiger partial charge in [0, 0.05) is 31.7 Å². The summed E-state index contributed by atoms with van der Waals surface area (Å²) in [5.74, 6) is 0.880. The minimum Gasteiger partial charge on any atom is -0.357 e. The highest BCUT2D eigenvalue weighted by molar-refractivity contribution is 5.79. The van der Waals surface area contributed by atoms with Crippen LogP contribution in [-0.2, 0) is 13.1 Å². The number of rotatable bonds is 8. The summed E-state index contributed by atoms with van der Waals surface area (Å²) in [6.07, 6.45) is 4.08. The van der Waals surface area contributed by atoms with Crippen LogP contribution in [0.1, 0.15) is 58.1 Å². The second kappa shape index (κ2) is 11.3. The predicted molar refractivity (Wildman–Crippen MR) is 116 cm³/mol. The number of hydrogen-bond acceptors (Lipinski definition) is 3. The fourth-order valence-corrected chi connectivity index (χ4v) is 3.26. The summed E-state index contributed by atoms with van der Waals surface area (Å²) in [7, 11) is 0. The van der Waals surface area contributed by atoms with Gasteiger partial charge in [0.05, 0.1) is 6.54 Å². The molecule has 0 aromatic heterocycles. The lowest BCUT2D eigenvalue weighted by atomic mass is 10.1. The Hall–Kier alpha value is -1.59. The minimum absolute atomic E-state index is 0.146. The Morgan fingerprint density at radius 1 is 0.963 bits per heavy atom. The first-order valence-electron chi connectivity index (χ1n) is 10.5. The van der Waals surface area contributed by atoms with E-state index in [9.17, 15) is 0 Å². The standard InChI is InChI=1S/C22H39N5/c1-5-23-21(24-13-14-26-22(2,3)4)25-17-19-9-11-20(12-10-19)18-27-15-7-6-8-16-27/h9-12,26H,5-8,13-18H2,1-4H3,(H2,23,24,25). The lowest BCUT2D eigenvalue weighted by Crippen LogP contribution is -2.44. The van der Waals surface area contributed by atoms with Crippen molar-refractivity contribution in [3.63, 3.8) is 0 Å². The van der Waals surface area contributed by atoms with Gasteiger partial charge < -0.3 is 16.0 Å². The van der Waals surface area contributed by atoms with Crippen molar-refractivity contribution in [2.24, 2.45) is 4.99 Å². The summed E-state index contributed by atoms with van der Waals surface area (Å²) in [5.41, 5.74) is 2.80. The van der Waals surface area contributed by atoms with Crippen LogP contribution in [0.15, 0.2) is 29.3 Å². The quantitative estimate of drug-likeness (QED) is 0.372. The van der Waals surface area contributed by atoms with Gasteiger partial charge in [0.1, 0.15) is 0 Å². The van der Waals surface area contributed by atoms with E-state index in [1.165, 1.54) is 43.5 Å². The Labute approximate surface area is 166 Å². The van der Waals surface area contributed by atoms with Gasteiger partial charge in [-0.25, -0.2) is 4.99 Å². The molecule has 1 heterocycles. The molecule has 0 aliphatic carbocycles. The number of piperidine rings is 1. The first kappa shape index (κ1) is 21.7. The number of nitrogens with zero attached hydrogens (tertiary/aromatic N) is 2. The molecule has 27 heavy (non-hydrogen) atoms. The molecule has 1 saturated heterocycles. The van der Waals surface area contributed by atoms with Gasteiger partial charge in [0.15, 0.2) is 5.96 Å². The van der Waals surface area contributed by atoms with Crippen LogP contribution in [0.3, 0.4) is 0 Å². The van der Waals surface area contributed by atoms with E-state index in [0.717, 1.165) is 32.1 Å². The van der Waals surface area contributed by atoms with Crippen molar-refractivity contribution in [2.75, 3.05) is 32.7 Å². The maximum Gasteiger partial charge on any atom is 0.191 e. The zero-order valence-corrected chi connectivity index (χ0v) is 17.8. The van der Waals surface area contributed by atoms with Crippen LogP contribution in [0.2, 0.25) is 0 Å². The molecule has 0 unspecified atom stereocenters. The van der Waals surface area contributed by atoms with E-state index in [0.29, 0.717) is 6.54 Å². The Balaban J connectivity index is 1.79. The fourth-order valence-electron chi connectivity index (χ4n) is 3.26. The summed E-state index contributed by atoms with van der Waals surface area (Å²) in [6, 6.07) is 8.95. The third-order valence-electron chi connectivity index (χ3n) is 4.71. The number of aliphatic imine (C=N–C) groups is 1. The van der Waals surface area contributed by atoms with E-state index in [-0.39, 0.29) is 5.54 Å². The maximum atomic E-state index is 4.72. The molecule has 1 fully saturated rings. The summed E-state index contributed by atoms with van der Waals surface area (Å²) in [5, 5.41) is 10.2. The Bertz CT molecular complexity index is 553. The van der Waals surface area contributed by atoms with E-state index >= 15 is 0 Å². The molecule has 1 aliphatic rings. The first-order chi connectivity index (χ1) is 13.0. The van der Waals surface area contributed by atoms with Crippen molar-refractivity contribution in [3.05, 3.63) is 35.4 Å². The lowest BCUT2D eigenvalue weighted by molar-refractivity contribution is 0.221. The monoisotopic (exact) mass is 373 g/mol. The molecule has 5 heteroatoms. The number of benzene rings is 1. The molecule has 2 rings (SSSR count). The van der Waals surface area contributed by atoms with Gasteiger partial charge in [-0.1, -0.05) is 30.7 Å². The maximum absolute atomic E-state index is 4.72. The SMILES string of the molecule is CCNC(=NCc1ccc(CN2CCCCC2)cc1)NCCNC(C)(C)C. The summed E-state index contributed by atoms with van der Waals surface area (Å²) in [6.45, 7) is 15.6. The van der Waals surface area contributed by atoms with Crippen molar-refractivity contribution in [1.29, 1.82) is 0 Å². The summed E-state index contributed by atoms with van der Waals surface area (Å²) < 4.78 is 0. The molecular weight excluding hydrogens is 334 g/mol. The highest BCUT2D eigenvalue weighted by atomic mass is 15.2. The highest BCUT2D eigenvalue weighted by Crippen LogP contribution is 2.14. The zero-order valence-electron chi connectivity index (χ0n) is 17.8. The molecule has 5 nitrogen and oxygen atoms in total. The zero-order chi connectivity index (χ0) is 19.5. The van der Waals surface area contributed by atoms with Gasteiger partial charge in [-0.3, -0.25) is 4.90 Å². The van der Waals surface area contributed by atoms with E-state index < -0.39 is 0 Å². The fraction of sp³-hybridized carbons (Fsp3) is 0.682. The van der Waals surface area contributed by atoms with Crippen LogP contribution in [-0.4, -0.2) is 49.1 Å². The highest BCUT2D eigenvalue weighted by Gasteiger charge is 2.10. The van der Waals surface area contributed by atoms with E-state index in [1.807, 2.05) is 0 Å². The predicted octanol–water partition coefficient (Wildman–Crippen LogP) is 3.12. The topological polar surface area (TPSA) is 51.7 Å². The molecule has 0 saturated carbocycles. The number of hydrogen-bond donors (Lipinski definition) is 3. The average Bonchev–Trinajstić information content (AvgIpc) is 2.64. The molecule has 0 radical (unpaired) electrons. The average molecular weight is 374 g/mol. The third kappa shape index (κ3) is 9.25. The normalized spacial score (nSPS) is 16.4. The molecule has 1 aliphatic heterocycles. The lowest BCUT2D eigenvalue weighted by Gasteiger charge is -2.26. The van der Waals surface area contributed by atoms with Crippen LogP contribution in [0.4, 0.5) is 0 Å². The van der Waals surface area contributed by atoms with Crippen LogP contribution < -0.4 is 16.0 Å². The number of guanidine groups is 1. The van der Waals surface area contributed by atoms with Crippen molar-refractivity contribution < 1.29 is 0 Å². The number of nitrogens with one attached hydrogen (secondary N) is 3. The molecule has 3 N–H and O–H groups in total. The molecule has 1 aromatic carbocycles. The van der Waals surface area contributed by atoms with Crippen molar-refractivity contribution in [1.82, 2.24) is 20.9 Å². The van der Waals surface area contributed by atoms with Crippen LogP contribution >= 0.6 is 0 Å². The minimum atomic E-state index is 0.146. The Kier molecular flexibility index (Phi) is 9.08. The molecular formula is C22H39N5. The van der Waals surface area contributed by atoms with Crippen molar-refractivity contribution >= 4 is 5.96 Å². The van der Waals surface area contributed by atoms with Gasteiger partial charge >= 0.3 is 0 Å². The summed E-state index contributed by atoms with van der Waals surface area (Å²) in [4.78, 5) is 7.28. The van der Waals surface area contributed by atoms with Crippen molar-refractivity contribution in [2.45, 2.75) is 65.6 Å². The van der Waals surface area contributed by atoms with Crippen molar-refractivity contribution in [3.8, 4) is 0 Å². The van der Waals surface area contributed by atoms with Crippen LogP contribution in [0.25, 0.3) is 0 Å². The Morgan fingerprint density at radius 3 is 2.26 bits per heavy atom. The molecule has 0 atom stereocenters. The largest absolute Gasteiger partial charge is 0.357 e. The van der Waals surface area contributed by atoms with E-state index in [1.54, 1.807) is 0 Å². The van der Waals surface area contributed by atoms with Crippen LogP contribution in [0.5, 0.6) is 0 Å². The molecule has 152 valence electrons. The van der Waals surface area contributed by atoms with E-state index in [4.69, 9.17) is 4.99 Å². The molecule has 0 spiro atoms. The molecule has 1 aromatic rings. The van der Waals surface area contributed by atoms with Gasteiger partial charge in [0.25, 0.3) is 0 Å². The van der Waals surface area contributed by atoms with Gasteiger partial charge in [-0.05, 0) is 64.8 Å². The summed E-state index contributed by atoms with van der Waals surface area (Å²) >= 11 is 0. The Morgan fingerprint density at radius 2 is 1.63 bits per heavy atom. The van der Waals surface area contributed by atoms with Gasteiger partial charge in [0.2, 0.25) is 0 Å².